The first-order valence-electron chi connectivity index (χ1n) is 5.16. The molecule has 3 aromatic rings. The van der Waals surface area contributed by atoms with Crippen molar-refractivity contribution in [2.45, 2.75) is 6.54 Å². The maximum absolute atomic E-state index is 4.31. The number of rotatable bonds is 2. The largest absolute Gasteiger partial charge is 0.302 e. The number of pyridine rings is 1. The fraction of sp³-hybridized carbons (Fsp3) is 0.0769. The van der Waals surface area contributed by atoms with Crippen molar-refractivity contribution in [3.63, 3.8) is 0 Å². The van der Waals surface area contributed by atoms with Crippen LogP contribution in [0.5, 0.6) is 0 Å². The molecule has 77 valence electrons. The second kappa shape index (κ2) is 3.77. The molecule has 0 saturated carbocycles. The third-order valence-corrected chi connectivity index (χ3v) is 2.50. The number of benzene rings is 1. The highest BCUT2D eigenvalue weighted by Gasteiger charge is 2.03. The molecule has 3 rings (SSSR count). The van der Waals surface area contributed by atoms with Crippen molar-refractivity contribution >= 4 is 11.2 Å². The van der Waals surface area contributed by atoms with Crippen LogP contribution in [0, 0.1) is 6.33 Å². The van der Waals surface area contributed by atoms with Gasteiger partial charge in [0.2, 0.25) is 0 Å². The molecular weight excluding hydrogens is 198 g/mol. The molecular formula is C13H10N3. The van der Waals surface area contributed by atoms with E-state index in [1.54, 1.807) is 6.20 Å². The van der Waals surface area contributed by atoms with Crippen LogP contribution in [0.25, 0.3) is 11.2 Å². The van der Waals surface area contributed by atoms with Gasteiger partial charge in [-0.3, -0.25) is 0 Å². The van der Waals surface area contributed by atoms with E-state index in [4.69, 9.17) is 0 Å². The molecule has 2 aromatic heterocycles. The maximum Gasteiger partial charge on any atom is 0.179 e. The molecule has 16 heavy (non-hydrogen) atoms. The van der Waals surface area contributed by atoms with Crippen molar-refractivity contribution in [2.75, 3.05) is 0 Å². The summed E-state index contributed by atoms with van der Waals surface area (Å²) in [7, 11) is 0. The molecule has 0 saturated heterocycles. The second-order valence-electron chi connectivity index (χ2n) is 3.63. The average molecular weight is 208 g/mol. The van der Waals surface area contributed by atoms with Gasteiger partial charge in [-0.15, -0.1) is 0 Å². The topological polar surface area (TPSA) is 30.7 Å². The molecule has 3 heteroatoms. The molecule has 3 nitrogen and oxygen atoms in total. The molecule has 0 N–H and O–H groups in total. The summed E-state index contributed by atoms with van der Waals surface area (Å²) in [5.41, 5.74) is 2.99. The normalized spacial score (nSPS) is 10.8. The van der Waals surface area contributed by atoms with Gasteiger partial charge in [0, 0.05) is 6.20 Å². The summed E-state index contributed by atoms with van der Waals surface area (Å²) in [6.45, 7) is 0.758. The Bertz CT molecular complexity index is 599. The Morgan fingerprint density at radius 2 is 1.94 bits per heavy atom. The minimum absolute atomic E-state index is 0.758. The molecule has 0 aliphatic heterocycles. The van der Waals surface area contributed by atoms with Gasteiger partial charge in [0.25, 0.3) is 0 Å². The first kappa shape index (κ1) is 9.09. The highest BCUT2D eigenvalue weighted by molar-refractivity contribution is 5.69. The number of fused-ring (bicyclic) bond motifs is 1. The Labute approximate surface area is 93.4 Å². The van der Waals surface area contributed by atoms with Crippen molar-refractivity contribution in [2.24, 2.45) is 0 Å². The molecule has 0 aliphatic rings. The lowest BCUT2D eigenvalue weighted by atomic mass is 10.2. The summed E-state index contributed by atoms with van der Waals surface area (Å²) >= 11 is 0. The van der Waals surface area contributed by atoms with Crippen LogP contribution >= 0.6 is 0 Å². The summed E-state index contributed by atoms with van der Waals surface area (Å²) in [6.07, 6.45) is 4.74. The lowest BCUT2D eigenvalue weighted by molar-refractivity contribution is 0.806. The standard InChI is InChI=1S/C13H10N3/c1-2-5-11(6-3-1)9-16-10-15-12-7-4-8-14-13(12)16/h1-8H,9H2. The number of hydrogen-bond acceptors (Lipinski definition) is 2. The Kier molecular flexibility index (Phi) is 2.14. The van der Waals surface area contributed by atoms with Crippen LogP contribution in [-0.4, -0.2) is 14.5 Å². The van der Waals surface area contributed by atoms with E-state index in [0.29, 0.717) is 0 Å². The molecule has 0 unspecified atom stereocenters. The van der Waals surface area contributed by atoms with E-state index >= 15 is 0 Å². The maximum atomic E-state index is 4.31. The van der Waals surface area contributed by atoms with E-state index in [1.807, 2.05) is 34.9 Å². The quantitative estimate of drug-likeness (QED) is 0.646. The predicted octanol–water partition coefficient (Wildman–Crippen LogP) is 2.28. The molecule has 0 amide bonds. The second-order valence-corrected chi connectivity index (χ2v) is 3.63. The fourth-order valence-electron chi connectivity index (χ4n) is 1.72. The molecule has 1 radical (unpaired) electrons. The van der Waals surface area contributed by atoms with E-state index in [2.05, 4.69) is 28.4 Å². The van der Waals surface area contributed by atoms with E-state index in [0.717, 1.165) is 17.7 Å². The SMILES string of the molecule is [c]1nc2cccnc2n1Cc1ccccc1. The van der Waals surface area contributed by atoms with Gasteiger partial charge in [0.1, 0.15) is 5.52 Å². The molecule has 1 aromatic carbocycles. The Hall–Kier alpha value is -2.16. The van der Waals surface area contributed by atoms with Crippen molar-refractivity contribution in [3.05, 3.63) is 60.6 Å². The highest BCUT2D eigenvalue weighted by atomic mass is 15.1. The zero-order valence-electron chi connectivity index (χ0n) is 8.67. The van der Waals surface area contributed by atoms with Crippen LogP contribution in [0.15, 0.2) is 48.7 Å². The number of aromatic nitrogens is 3. The lowest BCUT2D eigenvalue weighted by Gasteiger charge is -2.02. The fourth-order valence-corrected chi connectivity index (χ4v) is 1.72. The molecule has 0 spiro atoms. The number of nitrogens with zero attached hydrogens (tertiary/aromatic N) is 3. The Morgan fingerprint density at radius 1 is 1.06 bits per heavy atom. The first-order chi connectivity index (χ1) is 7.93. The van der Waals surface area contributed by atoms with Crippen LogP contribution in [0.3, 0.4) is 0 Å². The highest BCUT2D eigenvalue weighted by Crippen LogP contribution is 2.10. The van der Waals surface area contributed by atoms with E-state index < -0.39 is 0 Å². The van der Waals surface area contributed by atoms with Gasteiger partial charge in [-0.2, -0.15) is 0 Å². The van der Waals surface area contributed by atoms with Crippen LogP contribution in [-0.2, 0) is 6.54 Å². The molecule has 0 bridgehead atoms. The Balaban J connectivity index is 2.01. The zero-order chi connectivity index (χ0) is 10.8. The zero-order valence-corrected chi connectivity index (χ0v) is 8.67. The Morgan fingerprint density at radius 3 is 2.81 bits per heavy atom. The monoisotopic (exact) mass is 208 g/mol. The average Bonchev–Trinajstić information content (AvgIpc) is 2.74. The molecule has 2 heterocycles. The van der Waals surface area contributed by atoms with Gasteiger partial charge < -0.3 is 4.57 Å². The molecule has 0 aliphatic carbocycles. The molecule has 0 atom stereocenters. The summed E-state index contributed by atoms with van der Waals surface area (Å²) in [4.78, 5) is 8.50. The summed E-state index contributed by atoms with van der Waals surface area (Å²) in [5.74, 6) is 0. The van der Waals surface area contributed by atoms with Gasteiger partial charge in [0.15, 0.2) is 12.0 Å². The first-order valence-corrected chi connectivity index (χ1v) is 5.16. The number of imidazole rings is 1. The third kappa shape index (κ3) is 1.56. The van der Waals surface area contributed by atoms with Crippen LogP contribution in [0.2, 0.25) is 0 Å². The van der Waals surface area contributed by atoms with Gasteiger partial charge in [-0.25, -0.2) is 9.97 Å². The van der Waals surface area contributed by atoms with Crippen molar-refractivity contribution in [1.82, 2.24) is 14.5 Å². The smallest absolute Gasteiger partial charge is 0.179 e. The minimum Gasteiger partial charge on any atom is -0.302 e. The summed E-state index contributed by atoms with van der Waals surface area (Å²) in [6, 6.07) is 14.1. The van der Waals surface area contributed by atoms with Gasteiger partial charge in [-0.1, -0.05) is 30.3 Å². The van der Waals surface area contributed by atoms with Gasteiger partial charge in [0.05, 0.1) is 6.54 Å². The van der Waals surface area contributed by atoms with Crippen molar-refractivity contribution in [1.29, 1.82) is 0 Å². The van der Waals surface area contributed by atoms with E-state index in [1.165, 1.54) is 5.56 Å². The molecule has 0 fully saturated rings. The van der Waals surface area contributed by atoms with E-state index in [-0.39, 0.29) is 0 Å². The summed E-state index contributed by atoms with van der Waals surface area (Å²) in [5, 5.41) is 0. The third-order valence-electron chi connectivity index (χ3n) is 2.50. The van der Waals surface area contributed by atoms with Crippen LogP contribution < -0.4 is 0 Å². The van der Waals surface area contributed by atoms with Crippen molar-refractivity contribution in [3.8, 4) is 0 Å². The van der Waals surface area contributed by atoms with Gasteiger partial charge >= 0.3 is 0 Å². The lowest BCUT2D eigenvalue weighted by Crippen LogP contribution is -1.98. The summed E-state index contributed by atoms with van der Waals surface area (Å²) < 4.78 is 1.94. The minimum atomic E-state index is 0.758. The van der Waals surface area contributed by atoms with Crippen LogP contribution in [0.4, 0.5) is 0 Å². The number of hydrogen-bond donors (Lipinski definition) is 0. The van der Waals surface area contributed by atoms with E-state index in [9.17, 15) is 0 Å². The predicted molar refractivity (Wildman–Crippen MR) is 61.9 cm³/mol. The van der Waals surface area contributed by atoms with Gasteiger partial charge in [-0.05, 0) is 17.7 Å². The van der Waals surface area contributed by atoms with Crippen LogP contribution in [0.1, 0.15) is 5.56 Å². The van der Waals surface area contributed by atoms with Crippen molar-refractivity contribution < 1.29 is 0 Å².